The standard InChI is InChI=1S/C14H13Cl2N3O2/c15-8-7-11(16)14(21)17-10-3-1-9(2-4-10)12-5-6-13(20)19-18-12/h1-6,11H,7-8H2,(H,17,21)(H,19,20). The summed E-state index contributed by atoms with van der Waals surface area (Å²) in [6.07, 6.45) is 0.411. The van der Waals surface area contributed by atoms with Crippen LogP contribution in [0, 0.1) is 0 Å². The van der Waals surface area contributed by atoms with Gasteiger partial charge in [0.2, 0.25) is 5.91 Å². The average Bonchev–Trinajstić information content (AvgIpc) is 2.49. The third-order valence-corrected chi connectivity index (χ3v) is 3.41. The average molecular weight is 326 g/mol. The quantitative estimate of drug-likeness (QED) is 0.830. The van der Waals surface area contributed by atoms with E-state index in [0.29, 0.717) is 23.7 Å². The molecule has 0 aliphatic heterocycles. The normalized spacial score (nSPS) is 11.9. The number of hydrogen-bond acceptors (Lipinski definition) is 3. The molecule has 1 unspecified atom stereocenters. The van der Waals surface area contributed by atoms with Crippen LogP contribution in [-0.4, -0.2) is 27.4 Å². The van der Waals surface area contributed by atoms with Crippen molar-refractivity contribution >= 4 is 34.8 Å². The molecule has 2 aromatic rings. The maximum absolute atomic E-state index is 11.7. The highest BCUT2D eigenvalue weighted by molar-refractivity contribution is 6.33. The van der Waals surface area contributed by atoms with Crippen LogP contribution < -0.4 is 10.9 Å². The summed E-state index contributed by atoms with van der Waals surface area (Å²) in [4.78, 5) is 22.7. The summed E-state index contributed by atoms with van der Waals surface area (Å²) in [5.74, 6) is 0.0468. The fourth-order valence-corrected chi connectivity index (χ4v) is 2.17. The van der Waals surface area contributed by atoms with E-state index >= 15 is 0 Å². The summed E-state index contributed by atoms with van der Waals surface area (Å²) in [7, 11) is 0. The first-order chi connectivity index (χ1) is 10.1. The van der Waals surface area contributed by atoms with Crippen molar-refractivity contribution in [3.8, 4) is 11.3 Å². The van der Waals surface area contributed by atoms with Gasteiger partial charge in [-0.1, -0.05) is 12.1 Å². The Balaban J connectivity index is 2.07. The van der Waals surface area contributed by atoms with Gasteiger partial charge in [-0.2, -0.15) is 5.10 Å². The van der Waals surface area contributed by atoms with E-state index in [4.69, 9.17) is 23.2 Å². The molecule has 21 heavy (non-hydrogen) atoms. The lowest BCUT2D eigenvalue weighted by molar-refractivity contribution is -0.115. The summed E-state index contributed by atoms with van der Waals surface area (Å²) < 4.78 is 0. The Morgan fingerprint density at radius 3 is 2.52 bits per heavy atom. The molecule has 0 radical (unpaired) electrons. The number of anilines is 1. The minimum absolute atomic E-state index is 0.255. The minimum atomic E-state index is -0.650. The molecular weight excluding hydrogens is 313 g/mol. The van der Waals surface area contributed by atoms with E-state index in [-0.39, 0.29) is 11.5 Å². The summed E-state index contributed by atoms with van der Waals surface area (Å²) >= 11 is 11.4. The summed E-state index contributed by atoms with van der Waals surface area (Å²) in [5.41, 5.74) is 1.85. The second-order valence-corrected chi connectivity index (χ2v) is 5.22. The van der Waals surface area contributed by atoms with E-state index in [1.807, 2.05) is 0 Å². The molecule has 2 N–H and O–H groups in total. The molecular formula is C14H13Cl2N3O2. The maximum Gasteiger partial charge on any atom is 0.264 e. The largest absolute Gasteiger partial charge is 0.325 e. The zero-order valence-corrected chi connectivity index (χ0v) is 12.5. The van der Waals surface area contributed by atoms with Crippen molar-refractivity contribution in [1.82, 2.24) is 10.2 Å². The van der Waals surface area contributed by atoms with Crippen molar-refractivity contribution in [1.29, 1.82) is 0 Å². The zero-order valence-electron chi connectivity index (χ0n) is 11.0. The van der Waals surface area contributed by atoms with Crippen LogP contribution in [0.3, 0.4) is 0 Å². The molecule has 110 valence electrons. The molecule has 5 nitrogen and oxygen atoms in total. The Labute approximate surface area is 131 Å². The Hall–Kier alpha value is -1.85. The molecule has 1 atom stereocenters. The van der Waals surface area contributed by atoms with Gasteiger partial charge in [0.15, 0.2) is 0 Å². The van der Waals surface area contributed by atoms with Gasteiger partial charge in [0.25, 0.3) is 5.56 Å². The van der Waals surface area contributed by atoms with Crippen molar-refractivity contribution in [2.24, 2.45) is 0 Å². The number of carbonyl (C=O) groups is 1. The van der Waals surface area contributed by atoms with Crippen molar-refractivity contribution in [2.75, 3.05) is 11.2 Å². The predicted octanol–water partition coefficient (Wildman–Crippen LogP) is 2.61. The molecule has 7 heteroatoms. The van der Waals surface area contributed by atoms with Gasteiger partial charge in [0.05, 0.1) is 5.69 Å². The first-order valence-electron chi connectivity index (χ1n) is 6.27. The van der Waals surface area contributed by atoms with E-state index in [1.54, 1.807) is 30.3 Å². The molecule has 1 amide bonds. The van der Waals surface area contributed by atoms with Crippen LogP contribution in [0.15, 0.2) is 41.2 Å². The third-order valence-electron chi connectivity index (χ3n) is 2.77. The number of nitrogens with one attached hydrogen (secondary N) is 2. The molecule has 0 aliphatic rings. The molecule has 0 saturated heterocycles. The lowest BCUT2D eigenvalue weighted by Gasteiger charge is -2.09. The van der Waals surface area contributed by atoms with E-state index in [0.717, 1.165) is 5.56 Å². The second-order valence-electron chi connectivity index (χ2n) is 4.32. The molecule has 0 bridgehead atoms. The number of nitrogens with zero attached hydrogens (tertiary/aromatic N) is 1. The number of alkyl halides is 2. The molecule has 1 heterocycles. The van der Waals surface area contributed by atoms with Gasteiger partial charge in [-0.25, -0.2) is 5.10 Å². The number of aromatic amines is 1. The van der Waals surface area contributed by atoms with Crippen LogP contribution >= 0.6 is 23.2 Å². The van der Waals surface area contributed by atoms with Gasteiger partial charge in [0, 0.05) is 23.2 Å². The molecule has 1 aromatic heterocycles. The van der Waals surface area contributed by atoms with Gasteiger partial charge >= 0.3 is 0 Å². The summed E-state index contributed by atoms with van der Waals surface area (Å²) in [6, 6.07) is 10.1. The van der Waals surface area contributed by atoms with Gasteiger partial charge in [-0.3, -0.25) is 9.59 Å². The van der Waals surface area contributed by atoms with E-state index < -0.39 is 5.38 Å². The monoisotopic (exact) mass is 325 g/mol. The van der Waals surface area contributed by atoms with Crippen molar-refractivity contribution < 1.29 is 4.79 Å². The van der Waals surface area contributed by atoms with Gasteiger partial charge in [-0.15, -0.1) is 23.2 Å². The topological polar surface area (TPSA) is 74.8 Å². The first kappa shape index (κ1) is 15.5. The van der Waals surface area contributed by atoms with Gasteiger partial charge in [0.1, 0.15) is 5.38 Å². The number of halogens is 2. The predicted molar refractivity (Wildman–Crippen MR) is 83.9 cm³/mol. The van der Waals surface area contributed by atoms with Crippen LogP contribution in [0.4, 0.5) is 5.69 Å². The third kappa shape index (κ3) is 4.31. The Morgan fingerprint density at radius 2 is 1.95 bits per heavy atom. The Bertz CT molecular complexity index is 650. The van der Waals surface area contributed by atoms with E-state index in [9.17, 15) is 9.59 Å². The lowest BCUT2D eigenvalue weighted by Crippen LogP contribution is -2.23. The number of rotatable bonds is 5. The Kier molecular flexibility index (Phi) is 5.36. The van der Waals surface area contributed by atoms with Crippen molar-refractivity contribution in [3.05, 3.63) is 46.8 Å². The molecule has 0 fully saturated rings. The Morgan fingerprint density at radius 1 is 1.24 bits per heavy atom. The maximum atomic E-state index is 11.7. The summed E-state index contributed by atoms with van der Waals surface area (Å²) in [6.45, 7) is 0. The SMILES string of the molecule is O=C(Nc1ccc(-c2ccc(=O)[nH]n2)cc1)C(Cl)CCCl. The molecule has 0 saturated carbocycles. The smallest absolute Gasteiger partial charge is 0.264 e. The highest BCUT2D eigenvalue weighted by Crippen LogP contribution is 2.19. The zero-order chi connectivity index (χ0) is 15.2. The molecule has 0 aliphatic carbocycles. The number of benzene rings is 1. The van der Waals surface area contributed by atoms with Crippen LogP contribution in [-0.2, 0) is 4.79 Å². The van der Waals surface area contributed by atoms with Crippen LogP contribution in [0.5, 0.6) is 0 Å². The van der Waals surface area contributed by atoms with Gasteiger partial charge < -0.3 is 5.32 Å². The number of carbonyl (C=O) groups excluding carboxylic acids is 1. The van der Waals surface area contributed by atoms with Crippen molar-refractivity contribution in [2.45, 2.75) is 11.8 Å². The lowest BCUT2D eigenvalue weighted by atomic mass is 10.1. The number of amides is 1. The van der Waals surface area contributed by atoms with E-state index in [2.05, 4.69) is 15.5 Å². The van der Waals surface area contributed by atoms with Gasteiger partial charge in [-0.05, 0) is 24.6 Å². The van der Waals surface area contributed by atoms with Crippen molar-refractivity contribution in [3.63, 3.8) is 0 Å². The van der Waals surface area contributed by atoms with E-state index in [1.165, 1.54) is 6.07 Å². The number of H-pyrrole nitrogens is 1. The van der Waals surface area contributed by atoms with Crippen LogP contribution in [0.1, 0.15) is 6.42 Å². The highest BCUT2D eigenvalue weighted by atomic mass is 35.5. The van der Waals surface area contributed by atoms with Crippen LogP contribution in [0.25, 0.3) is 11.3 Å². The second kappa shape index (κ2) is 7.24. The fraction of sp³-hybridized carbons (Fsp3) is 0.214. The number of hydrogen-bond donors (Lipinski definition) is 2. The summed E-state index contributed by atoms with van der Waals surface area (Å²) in [5, 5.41) is 8.36. The molecule has 0 spiro atoms. The fourth-order valence-electron chi connectivity index (χ4n) is 1.68. The minimum Gasteiger partial charge on any atom is -0.325 e. The first-order valence-corrected chi connectivity index (χ1v) is 7.24. The molecule has 2 rings (SSSR count). The molecule has 1 aromatic carbocycles. The number of aromatic nitrogens is 2. The van der Waals surface area contributed by atoms with Crippen LogP contribution in [0.2, 0.25) is 0 Å². The highest BCUT2D eigenvalue weighted by Gasteiger charge is 2.14.